The molecule has 3 aliphatic rings. The lowest BCUT2D eigenvalue weighted by Gasteiger charge is -2.25. The average molecular weight is 190 g/mol. The first-order chi connectivity index (χ1) is 6.73. The molecule has 2 unspecified atom stereocenters. The molecule has 0 aromatic rings. The van der Waals surface area contributed by atoms with Crippen LogP contribution >= 0.6 is 0 Å². The Kier molecular flexibility index (Phi) is 2.60. The van der Waals surface area contributed by atoms with Crippen LogP contribution in [-0.2, 0) is 0 Å². The fourth-order valence-corrected chi connectivity index (χ4v) is 2.11. The molecule has 0 saturated heterocycles. The predicted molar refractivity (Wildman–Crippen MR) is 56.4 cm³/mol. The fourth-order valence-electron chi connectivity index (χ4n) is 2.11. The second-order valence-corrected chi connectivity index (χ2v) is 4.78. The Hall–Kier alpha value is -0.810. The minimum atomic E-state index is -0.474. The van der Waals surface area contributed by atoms with Gasteiger partial charge < -0.3 is 5.73 Å². The molecule has 3 aliphatic carbocycles. The number of nitrogens with zero attached hydrogens (tertiary/aromatic N) is 1. The van der Waals surface area contributed by atoms with Gasteiger partial charge in [0.25, 0.3) is 0 Å². The topological polar surface area (TPSA) is 49.8 Å². The molecule has 3 rings (SSSR count). The number of allylic oxidation sites excluding steroid dienone is 2. The van der Waals surface area contributed by atoms with Crippen molar-refractivity contribution < 1.29 is 0 Å². The van der Waals surface area contributed by atoms with Crippen molar-refractivity contribution in [2.24, 2.45) is 17.6 Å². The number of hydrogen-bond acceptors (Lipinski definition) is 2. The van der Waals surface area contributed by atoms with Crippen LogP contribution in [0.1, 0.15) is 38.5 Å². The number of nitrogens with two attached hydrogens (primary N) is 1. The zero-order valence-electron chi connectivity index (χ0n) is 8.58. The van der Waals surface area contributed by atoms with E-state index in [0.29, 0.717) is 0 Å². The van der Waals surface area contributed by atoms with E-state index >= 15 is 0 Å². The van der Waals surface area contributed by atoms with Crippen LogP contribution in [0.3, 0.4) is 0 Å². The van der Waals surface area contributed by atoms with Crippen LogP contribution < -0.4 is 5.73 Å². The summed E-state index contributed by atoms with van der Waals surface area (Å²) in [6.07, 6.45) is 11.4. The first-order valence-electron chi connectivity index (χ1n) is 5.62. The number of hydrogen-bond donors (Lipinski definition) is 1. The van der Waals surface area contributed by atoms with Gasteiger partial charge in [-0.15, -0.1) is 0 Å². The first-order valence-corrected chi connectivity index (χ1v) is 5.62. The van der Waals surface area contributed by atoms with Gasteiger partial charge in [-0.2, -0.15) is 5.26 Å². The fraction of sp³-hybridized carbons (Fsp3) is 0.750. The molecule has 0 aromatic heterocycles. The molecule has 2 N–H and O–H groups in total. The van der Waals surface area contributed by atoms with Gasteiger partial charge in [0.05, 0.1) is 6.07 Å². The SMILES string of the molecule is C1=CC2CC12.N#CC1(N)CCCCC1. The van der Waals surface area contributed by atoms with E-state index in [-0.39, 0.29) is 0 Å². The van der Waals surface area contributed by atoms with Gasteiger partial charge in [-0.1, -0.05) is 31.4 Å². The van der Waals surface area contributed by atoms with Crippen LogP contribution in [0.15, 0.2) is 12.2 Å². The molecule has 2 fully saturated rings. The molecule has 2 heteroatoms. The largest absolute Gasteiger partial charge is 0.313 e. The van der Waals surface area contributed by atoms with Crippen molar-refractivity contribution in [2.75, 3.05) is 0 Å². The van der Waals surface area contributed by atoms with E-state index in [2.05, 4.69) is 18.2 Å². The van der Waals surface area contributed by atoms with Crippen molar-refractivity contribution in [3.05, 3.63) is 12.2 Å². The Bertz CT molecular complexity index is 259. The molecule has 14 heavy (non-hydrogen) atoms. The van der Waals surface area contributed by atoms with E-state index in [0.717, 1.165) is 37.5 Å². The Morgan fingerprint density at radius 3 is 1.93 bits per heavy atom. The standard InChI is InChI=1S/C7H12N2.C5H6/c8-6-7(9)4-2-1-3-5-7;1-2-5-3-4(1)5/h1-5,9H2;1-2,4-5H,3H2. The summed E-state index contributed by atoms with van der Waals surface area (Å²) in [5, 5.41) is 8.58. The summed E-state index contributed by atoms with van der Waals surface area (Å²) in [7, 11) is 0. The summed E-state index contributed by atoms with van der Waals surface area (Å²) in [4.78, 5) is 0. The lowest BCUT2D eigenvalue weighted by atomic mass is 9.84. The second-order valence-electron chi connectivity index (χ2n) is 4.78. The van der Waals surface area contributed by atoms with Gasteiger partial charge in [0.2, 0.25) is 0 Å². The Morgan fingerprint density at radius 2 is 1.71 bits per heavy atom. The quantitative estimate of drug-likeness (QED) is 0.596. The van der Waals surface area contributed by atoms with Gasteiger partial charge in [0.15, 0.2) is 0 Å². The molecular weight excluding hydrogens is 172 g/mol. The molecule has 76 valence electrons. The van der Waals surface area contributed by atoms with Crippen LogP contribution in [0.5, 0.6) is 0 Å². The highest BCUT2D eigenvalue weighted by atomic mass is 14.7. The minimum absolute atomic E-state index is 0.474. The molecule has 2 atom stereocenters. The number of rotatable bonds is 0. The summed E-state index contributed by atoms with van der Waals surface area (Å²) in [5.41, 5.74) is 5.22. The second kappa shape index (κ2) is 3.74. The monoisotopic (exact) mass is 190 g/mol. The van der Waals surface area contributed by atoms with Gasteiger partial charge in [0.1, 0.15) is 5.54 Å². The normalized spacial score (nSPS) is 35.4. The van der Waals surface area contributed by atoms with Crippen molar-refractivity contribution in [1.29, 1.82) is 5.26 Å². The van der Waals surface area contributed by atoms with E-state index in [1.54, 1.807) is 0 Å². The maximum absolute atomic E-state index is 8.58. The molecular formula is C12H18N2. The Labute approximate surface area is 85.8 Å². The van der Waals surface area contributed by atoms with Gasteiger partial charge in [-0.3, -0.25) is 0 Å². The van der Waals surface area contributed by atoms with E-state index < -0.39 is 5.54 Å². The molecule has 2 saturated carbocycles. The van der Waals surface area contributed by atoms with Gasteiger partial charge in [0, 0.05) is 0 Å². The molecule has 0 spiro atoms. The van der Waals surface area contributed by atoms with Gasteiger partial charge in [-0.05, 0) is 31.1 Å². The third kappa shape index (κ3) is 2.16. The lowest BCUT2D eigenvalue weighted by Crippen LogP contribution is -2.39. The zero-order chi connectivity index (χ0) is 10.0. The van der Waals surface area contributed by atoms with Crippen molar-refractivity contribution in [1.82, 2.24) is 0 Å². The molecule has 0 bridgehead atoms. The van der Waals surface area contributed by atoms with Gasteiger partial charge in [-0.25, -0.2) is 0 Å². The maximum atomic E-state index is 8.58. The smallest absolute Gasteiger partial charge is 0.104 e. The van der Waals surface area contributed by atoms with Crippen LogP contribution in [-0.4, -0.2) is 5.54 Å². The van der Waals surface area contributed by atoms with Crippen molar-refractivity contribution in [3.63, 3.8) is 0 Å². The third-order valence-electron chi connectivity index (χ3n) is 3.47. The lowest BCUT2D eigenvalue weighted by molar-refractivity contribution is 0.367. The summed E-state index contributed by atoms with van der Waals surface area (Å²) in [5.74, 6) is 2.10. The third-order valence-corrected chi connectivity index (χ3v) is 3.47. The molecule has 0 aliphatic heterocycles. The van der Waals surface area contributed by atoms with Crippen LogP contribution in [0, 0.1) is 23.2 Å². The van der Waals surface area contributed by atoms with Crippen molar-refractivity contribution in [2.45, 2.75) is 44.1 Å². The van der Waals surface area contributed by atoms with Crippen molar-refractivity contribution >= 4 is 0 Å². The highest BCUT2D eigenvalue weighted by molar-refractivity contribution is 5.20. The van der Waals surface area contributed by atoms with Crippen LogP contribution in [0.4, 0.5) is 0 Å². The summed E-state index contributed by atoms with van der Waals surface area (Å²) in [6.45, 7) is 0. The first kappa shape index (κ1) is 9.73. The number of fused-ring (bicyclic) bond motifs is 1. The number of nitriles is 1. The Balaban J connectivity index is 0.000000123. The van der Waals surface area contributed by atoms with E-state index in [1.807, 2.05) is 0 Å². The van der Waals surface area contributed by atoms with Crippen LogP contribution in [0.25, 0.3) is 0 Å². The van der Waals surface area contributed by atoms with Crippen LogP contribution in [0.2, 0.25) is 0 Å². The summed E-state index contributed by atoms with van der Waals surface area (Å²) in [6, 6.07) is 2.16. The highest BCUT2D eigenvalue weighted by Crippen LogP contribution is 2.48. The molecule has 0 heterocycles. The average Bonchev–Trinajstić information content (AvgIpc) is 2.76. The van der Waals surface area contributed by atoms with E-state index in [1.165, 1.54) is 12.8 Å². The minimum Gasteiger partial charge on any atom is -0.313 e. The van der Waals surface area contributed by atoms with E-state index in [9.17, 15) is 0 Å². The highest BCUT2D eigenvalue weighted by Gasteiger charge is 2.38. The molecule has 2 nitrogen and oxygen atoms in total. The summed E-state index contributed by atoms with van der Waals surface area (Å²) < 4.78 is 0. The zero-order valence-corrected chi connectivity index (χ0v) is 8.58. The Morgan fingerprint density at radius 1 is 1.14 bits per heavy atom. The summed E-state index contributed by atoms with van der Waals surface area (Å²) >= 11 is 0. The molecule has 0 amide bonds. The molecule has 0 aromatic carbocycles. The van der Waals surface area contributed by atoms with Gasteiger partial charge >= 0.3 is 0 Å². The molecule has 0 radical (unpaired) electrons. The van der Waals surface area contributed by atoms with Crippen molar-refractivity contribution in [3.8, 4) is 6.07 Å². The maximum Gasteiger partial charge on any atom is 0.104 e. The van der Waals surface area contributed by atoms with E-state index in [4.69, 9.17) is 11.0 Å². The predicted octanol–water partition coefficient (Wildman–Crippen LogP) is 2.36.